The van der Waals surface area contributed by atoms with Crippen molar-refractivity contribution < 1.29 is 23.0 Å². The van der Waals surface area contributed by atoms with Crippen molar-refractivity contribution >= 4 is 5.97 Å². The predicted octanol–water partition coefficient (Wildman–Crippen LogP) is 7.53. The number of esters is 1. The topological polar surface area (TPSA) is 35.5 Å². The van der Waals surface area contributed by atoms with E-state index < -0.39 is 17.6 Å². The highest BCUT2D eigenvalue weighted by Gasteiger charge is 2.25. The fraction of sp³-hybridized carbons (Fsp3) is 0.667. The fourth-order valence-corrected chi connectivity index (χ4v) is 3.63. The van der Waals surface area contributed by atoms with Gasteiger partial charge in [0.25, 0.3) is 0 Å². The summed E-state index contributed by atoms with van der Waals surface area (Å²) in [7, 11) is 0. The third-order valence-corrected chi connectivity index (χ3v) is 5.42. The molecule has 2 rings (SSSR count). The van der Waals surface area contributed by atoms with Crippen molar-refractivity contribution in [1.29, 1.82) is 0 Å². The van der Waals surface area contributed by atoms with E-state index >= 15 is 0 Å². The van der Waals surface area contributed by atoms with Gasteiger partial charge >= 0.3 is 5.97 Å². The van der Waals surface area contributed by atoms with Gasteiger partial charge in [-0.3, -0.25) is 0 Å². The Balaban J connectivity index is 1.69. The second kappa shape index (κ2) is 13.6. The molecule has 1 radical (unpaired) electrons. The van der Waals surface area contributed by atoms with E-state index in [1.54, 1.807) is 0 Å². The van der Waals surface area contributed by atoms with Crippen molar-refractivity contribution in [3.8, 4) is 5.75 Å². The van der Waals surface area contributed by atoms with Crippen LogP contribution in [-0.2, 0) is 4.74 Å². The Morgan fingerprint density at radius 1 is 0.862 bits per heavy atom. The molecule has 29 heavy (non-hydrogen) atoms. The van der Waals surface area contributed by atoms with Crippen LogP contribution in [0, 0.1) is 17.7 Å². The molecule has 0 bridgehead atoms. The molecule has 0 unspecified atom stereocenters. The van der Waals surface area contributed by atoms with Crippen molar-refractivity contribution in [3.05, 3.63) is 35.4 Å². The molecule has 1 saturated carbocycles. The number of unbranched alkanes of at least 4 members (excludes halogenated alkanes) is 8. The zero-order valence-corrected chi connectivity index (χ0v) is 17.7. The average Bonchev–Trinajstić information content (AvgIpc) is 2.73. The number of benzene rings is 1. The molecule has 1 aromatic rings. The molecule has 1 fully saturated rings. The van der Waals surface area contributed by atoms with E-state index in [9.17, 15) is 13.6 Å². The maximum atomic E-state index is 14.3. The van der Waals surface area contributed by atoms with Crippen LogP contribution in [0.5, 0.6) is 5.75 Å². The molecular weight excluding hydrogens is 374 g/mol. The van der Waals surface area contributed by atoms with Gasteiger partial charge in [-0.1, -0.05) is 64.7 Å². The fourth-order valence-electron chi connectivity index (χ4n) is 3.63. The summed E-state index contributed by atoms with van der Waals surface area (Å²) in [5, 5.41) is 0. The molecular formula is C24H35F2O3. The Morgan fingerprint density at radius 2 is 1.48 bits per heavy atom. The van der Waals surface area contributed by atoms with Gasteiger partial charge in [0.2, 0.25) is 5.82 Å². The van der Waals surface area contributed by atoms with Crippen LogP contribution in [0.4, 0.5) is 8.78 Å². The van der Waals surface area contributed by atoms with Gasteiger partial charge in [0.15, 0.2) is 17.7 Å². The van der Waals surface area contributed by atoms with Gasteiger partial charge in [0, 0.05) is 0 Å². The Bertz CT molecular complexity index is 612. The van der Waals surface area contributed by atoms with E-state index in [0.29, 0.717) is 25.6 Å². The Morgan fingerprint density at radius 3 is 2.14 bits per heavy atom. The Kier molecular flexibility index (Phi) is 11.0. The van der Waals surface area contributed by atoms with Crippen molar-refractivity contribution in [2.75, 3.05) is 6.61 Å². The van der Waals surface area contributed by atoms with Crippen LogP contribution in [0.3, 0.4) is 0 Å². The van der Waals surface area contributed by atoms with Crippen LogP contribution in [-0.4, -0.2) is 12.6 Å². The lowest BCUT2D eigenvalue weighted by molar-refractivity contribution is 0.0469. The first-order valence-corrected chi connectivity index (χ1v) is 11.3. The number of carbonyl (C=O) groups excluding carboxylic acids is 1. The van der Waals surface area contributed by atoms with Crippen molar-refractivity contribution in [3.63, 3.8) is 0 Å². The number of carbonyl (C=O) groups is 1. The van der Waals surface area contributed by atoms with Gasteiger partial charge in [0.05, 0.1) is 12.2 Å². The van der Waals surface area contributed by atoms with Gasteiger partial charge in [-0.2, -0.15) is 4.39 Å². The Labute approximate surface area is 174 Å². The third-order valence-electron chi connectivity index (χ3n) is 5.42. The van der Waals surface area contributed by atoms with E-state index in [4.69, 9.17) is 9.47 Å². The van der Waals surface area contributed by atoms with Gasteiger partial charge in [-0.25, -0.2) is 9.18 Å². The molecule has 1 aliphatic rings. The van der Waals surface area contributed by atoms with Crippen LogP contribution in [0.15, 0.2) is 12.1 Å². The van der Waals surface area contributed by atoms with E-state index in [1.807, 2.05) is 0 Å². The third kappa shape index (κ3) is 8.31. The first-order valence-electron chi connectivity index (χ1n) is 11.3. The maximum Gasteiger partial charge on any atom is 0.341 e. The van der Waals surface area contributed by atoms with Crippen molar-refractivity contribution in [2.24, 2.45) is 0 Å². The minimum Gasteiger partial charge on any atom is -0.490 e. The largest absolute Gasteiger partial charge is 0.490 e. The number of hydrogen-bond acceptors (Lipinski definition) is 3. The van der Waals surface area contributed by atoms with Crippen LogP contribution >= 0.6 is 0 Å². The Hall–Kier alpha value is -1.65. The second-order valence-electron chi connectivity index (χ2n) is 7.90. The monoisotopic (exact) mass is 409 g/mol. The first kappa shape index (κ1) is 23.6. The van der Waals surface area contributed by atoms with Crippen LogP contribution in [0.1, 0.15) is 107 Å². The second-order valence-corrected chi connectivity index (χ2v) is 7.90. The average molecular weight is 410 g/mol. The number of halogens is 2. The van der Waals surface area contributed by atoms with Crippen LogP contribution in [0.2, 0.25) is 0 Å². The lowest BCUT2D eigenvalue weighted by Gasteiger charge is -2.20. The molecule has 1 aliphatic carbocycles. The molecule has 1 aromatic carbocycles. The molecule has 3 nitrogen and oxygen atoms in total. The quantitative estimate of drug-likeness (QED) is 0.249. The molecule has 0 spiro atoms. The maximum absolute atomic E-state index is 14.3. The summed E-state index contributed by atoms with van der Waals surface area (Å²) in [6, 6.07) is 2.56. The molecule has 0 saturated heterocycles. The van der Waals surface area contributed by atoms with E-state index in [-0.39, 0.29) is 11.3 Å². The zero-order chi connectivity index (χ0) is 20.9. The summed E-state index contributed by atoms with van der Waals surface area (Å²) >= 11 is 0. The van der Waals surface area contributed by atoms with E-state index in [2.05, 4.69) is 6.92 Å². The summed E-state index contributed by atoms with van der Waals surface area (Å²) in [5.41, 5.74) is -0.379. The van der Waals surface area contributed by atoms with Gasteiger partial charge < -0.3 is 9.47 Å². The molecule has 0 aliphatic heterocycles. The number of rotatable bonds is 13. The smallest absolute Gasteiger partial charge is 0.341 e. The minimum absolute atomic E-state index is 0.149. The van der Waals surface area contributed by atoms with Crippen LogP contribution in [0.25, 0.3) is 0 Å². The molecule has 0 aromatic heterocycles. The molecule has 0 atom stereocenters. The molecule has 0 N–H and O–H groups in total. The van der Waals surface area contributed by atoms with Crippen LogP contribution < -0.4 is 4.74 Å². The summed E-state index contributed by atoms with van der Waals surface area (Å²) in [6.07, 6.45) is 15.7. The number of hydrogen-bond donors (Lipinski definition) is 0. The summed E-state index contributed by atoms with van der Waals surface area (Å²) in [5.74, 6) is -3.30. The van der Waals surface area contributed by atoms with E-state index in [1.165, 1.54) is 50.7 Å². The lowest BCUT2D eigenvalue weighted by Crippen LogP contribution is -2.16. The van der Waals surface area contributed by atoms with Crippen molar-refractivity contribution in [2.45, 2.75) is 96.8 Å². The molecule has 0 heterocycles. The highest BCUT2D eigenvalue weighted by atomic mass is 19.2. The lowest BCUT2D eigenvalue weighted by atomic mass is 9.98. The highest BCUT2D eigenvalue weighted by Crippen LogP contribution is 2.29. The van der Waals surface area contributed by atoms with Gasteiger partial charge in [0.1, 0.15) is 0 Å². The van der Waals surface area contributed by atoms with Gasteiger partial charge in [-0.05, 0) is 44.2 Å². The molecule has 163 valence electrons. The molecule has 5 heteroatoms. The summed E-state index contributed by atoms with van der Waals surface area (Å²) < 4.78 is 39.2. The molecule has 0 amide bonds. The standard InChI is InChI=1S/C24H35F2O3/c1-2-3-4-5-6-7-8-9-13-18-28-21-17-16-20(22(25)23(21)26)24(27)29-19-14-11-10-12-15-19/h16-17H,2-15,18H2,1H3. The first-order chi connectivity index (χ1) is 14.1. The summed E-state index contributed by atoms with van der Waals surface area (Å²) in [4.78, 5) is 12.2. The highest BCUT2D eigenvalue weighted by molar-refractivity contribution is 5.90. The minimum atomic E-state index is -1.20. The predicted molar refractivity (Wildman–Crippen MR) is 111 cm³/mol. The normalized spacial score (nSPS) is 14.7. The number of ether oxygens (including phenoxy) is 2. The van der Waals surface area contributed by atoms with Gasteiger partial charge in [-0.15, -0.1) is 0 Å². The summed E-state index contributed by atoms with van der Waals surface area (Å²) in [6.45, 7) is 2.55. The van der Waals surface area contributed by atoms with Crippen molar-refractivity contribution in [1.82, 2.24) is 0 Å². The SMILES string of the molecule is CCCCCCCCCCCOc1ccc(C(=O)O[C]2CCCCC2)c(F)c1F. The van der Waals surface area contributed by atoms with E-state index in [0.717, 1.165) is 38.5 Å². The zero-order valence-electron chi connectivity index (χ0n) is 17.7.